The molecule has 0 radical (unpaired) electrons. The Balaban J connectivity index is 2.72. The number of carbonyl (C=O) groups excluding carboxylic acids is 1. The zero-order chi connectivity index (χ0) is 13.5. The molecule has 0 aliphatic rings. The molecule has 18 heavy (non-hydrogen) atoms. The Labute approximate surface area is 119 Å². The van der Waals surface area contributed by atoms with Gasteiger partial charge in [-0.1, -0.05) is 13.3 Å². The average molecular weight is 362 g/mol. The largest absolute Gasteiger partial charge is 0.478 e. The normalized spacial score (nSPS) is 9.89. The predicted octanol–water partition coefficient (Wildman–Crippen LogP) is 2.91. The molecule has 0 fully saturated rings. The zero-order valence-corrected chi connectivity index (χ0v) is 12.2. The molecule has 1 aromatic carbocycles. The number of nitrogens with one attached hydrogen (secondary N) is 2. The van der Waals surface area contributed by atoms with E-state index in [1.165, 1.54) is 6.07 Å². The minimum Gasteiger partial charge on any atom is -0.478 e. The number of aromatic carboxylic acids is 1. The van der Waals surface area contributed by atoms with Gasteiger partial charge in [-0.15, -0.1) is 0 Å². The lowest BCUT2D eigenvalue weighted by Gasteiger charge is -2.10. The second-order valence-corrected chi connectivity index (χ2v) is 4.98. The van der Waals surface area contributed by atoms with Gasteiger partial charge in [-0.05, 0) is 47.2 Å². The molecular weight excluding hydrogens is 347 g/mol. The van der Waals surface area contributed by atoms with Crippen LogP contribution in [-0.4, -0.2) is 23.7 Å². The highest BCUT2D eigenvalue weighted by molar-refractivity contribution is 14.1. The van der Waals surface area contributed by atoms with Gasteiger partial charge in [-0.25, -0.2) is 9.59 Å². The molecule has 0 aliphatic carbocycles. The fraction of sp³-hybridized carbons (Fsp3) is 0.333. The van der Waals surface area contributed by atoms with E-state index in [9.17, 15) is 9.59 Å². The number of carboxylic acid groups (broad SMARTS) is 1. The molecular formula is C12H15IN2O3. The molecule has 3 N–H and O–H groups in total. The van der Waals surface area contributed by atoms with Crippen LogP contribution in [0.2, 0.25) is 0 Å². The van der Waals surface area contributed by atoms with E-state index < -0.39 is 5.97 Å². The van der Waals surface area contributed by atoms with Gasteiger partial charge in [0.25, 0.3) is 0 Å². The van der Waals surface area contributed by atoms with E-state index in [1.54, 1.807) is 12.1 Å². The minimum absolute atomic E-state index is 0.0903. The maximum Gasteiger partial charge on any atom is 0.337 e. The first-order valence-electron chi connectivity index (χ1n) is 5.62. The molecule has 2 amide bonds. The average Bonchev–Trinajstić information content (AvgIpc) is 2.31. The number of anilines is 1. The Morgan fingerprint density at radius 3 is 2.72 bits per heavy atom. The summed E-state index contributed by atoms with van der Waals surface area (Å²) in [6.45, 7) is 2.61. The van der Waals surface area contributed by atoms with Crippen LogP contribution in [0.4, 0.5) is 10.5 Å². The summed E-state index contributed by atoms with van der Waals surface area (Å²) in [6.07, 6.45) is 1.89. The lowest BCUT2D eigenvalue weighted by Crippen LogP contribution is -2.30. The summed E-state index contributed by atoms with van der Waals surface area (Å²) in [5.74, 6) is -1.06. The third kappa shape index (κ3) is 4.52. The second-order valence-electron chi connectivity index (χ2n) is 3.73. The first-order valence-corrected chi connectivity index (χ1v) is 6.70. The van der Waals surface area contributed by atoms with Gasteiger partial charge in [0.05, 0.1) is 11.3 Å². The fourth-order valence-corrected chi connectivity index (χ4v) is 1.84. The van der Waals surface area contributed by atoms with Gasteiger partial charge in [0.2, 0.25) is 0 Å². The number of hydrogen-bond donors (Lipinski definition) is 3. The summed E-state index contributed by atoms with van der Waals surface area (Å²) in [7, 11) is 0. The fourth-order valence-electron chi connectivity index (χ4n) is 1.35. The van der Waals surface area contributed by atoms with Gasteiger partial charge in [-0.2, -0.15) is 0 Å². The number of benzene rings is 1. The first kappa shape index (κ1) is 14.7. The molecule has 0 saturated carbocycles. The summed E-state index contributed by atoms with van der Waals surface area (Å²) in [5.41, 5.74) is 0.393. The van der Waals surface area contributed by atoms with Crippen molar-refractivity contribution < 1.29 is 14.7 Å². The van der Waals surface area contributed by atoms with Gasteiger partial charge < -0.3 is 15.7 Å². The third-order valence-electron chi connectivity index (χ3n) is 2.28. The molecule has 98 valence electrons. The predicted molar refractivity (Wildman–Crippen MR) is 78.0 cm³/mol. The molecule has 0 bridgehead atoms. The Morgan fingerprint density at radius 2 is 2.11 bits per heavy atom. The van der Waals surface area contributed by atoms with Crippen molar-refractivity contribution in [2.75, 3.05) is 11.9 Å². The summed E-state index contributed by atoms with van der Waals surface area (Å²) in [6, 6.07) is 4.47. The smallest absolute Gasteiger partial charge is 0.337 e. The number of rotatable bonds is 5. The molecule has 0 spiro atoms. The Bertz CT molecular complexity index is 449. The number of unbranched alkanes of at least 4 members (excludes halogenated alkanes) is 1. The van der Waals surface area contributed by atoms with Crippen LogP contribution in [0.15, 0.2) is 18.2 Å². The number of carboxylic acids is 1. The lowest BCUT2D eigenvalue weighted by molar-refractivity contribution is 0.0698. The van der Waals surface area contributed by atoms with Crippen molar-refractivity contribution in [1.29, 1.82) is 0 Å². The first-order chi connectivity index (χ1) is 8.54. The van der Waals surface area contributed by atoms with Crippen molar-refractivity contribution in [1.82, 2.24) is 5.32 Å². The van der Waals surface area contributed by atoms with E-state index in [4.69, 9.17) is 5.11 Å². The molecule has 0 aromatic heterocycles. The maximum atomic E-state index is 11.5. The third-order valence-corrected chi connectivity index (χ3v) is 2.95. The highest BCUT2D eigenvalue weighted by Crippen LogP contribution is 2.18. The second kappa shape index (κ2) is 7.20. The van der Waals surface area contributed by atoms with E-state index in [0.29, 0.717) is 12.2 Å². The Kier molecular flexibility index (Phi) is 5.90. The molecule has 0 unspecified atom stereocenters. The van der Waals surface area contributed by atoms with Gasteiger partial charge in [0, 0.05) is 10.1 Å². The number of urea groups is 1. The van der Waals surface area contributed by atoms with Crippen molar-refractivity contribution >= 4 is 40.3 Å². The van der Waals surface area contributed by atoms with Gasteiger partial charge in [0.1, 0.15) is 0 Å². The van der Waals surface area contributed by atoms with Crippen molar-refractivity contribution in [2.24, 2.45) is 0 Å². The van der Waals surface area contributed by atoms with Gasteiger partial charge in [0.15, 0.2) is 0 Å². The van der Waals surface area contributed by atoms with Crippen LogP contribution in [0.25, 0.3) is 0 Å². The van der Waals surface area contributed by atoms with E-state index in [0.717, 1.165) is 16.4 Å². The van der Waals surface area contributed by atoms with Crippen LogP contribution in [0.5, 0.6) is 0 Å². The zero-order valence-electron chi connectivity index (χ0n) is 10.00. The molecule has 0 heterocycles. The Morgan fingerprint density at radius 1 is 1.39 bits per heavy atom. The van der Waals surface area contributed by atoms with Crippen LogP contribution in [0.3, 0.4) is 0 Å². The van der Waals surface area contributed by atoms with E-state index in [-0.39, 0.29) is 11.6 Å². The van der Waals surface area contributed by atoms with Crippen molar-refractivity contribution in [3.8, 4) is 0 Å². The van der Waals surface area contributed by atoms with Crippen LogP contribution < -0.4 is 10.6 Å². The number of carbonyl (C=O) groups is 2. The van der Waals surface area contributed by atoms with Crippen LogP contribution in [-0.2, 0) is 0 Å². The Hall–Kier alpha value is -1.31. The van der Waals surface area contributed by atoms with Crippen molar-refractivity contribution in [2.45, 2.75) is 19.8 Å². The number of amides is 2. The highest BCUT2D eigenvalue weighted by atomic mass is 127. The van der Waals surface area contributed by atoms with Crippen LogP contribution in [0, 0.1) is 3.57 Å². The standard InChI is InChI=1S/C12H15IN2O3/c1-2-3-6-14-12(18)15-10-5-4-8(13)7-9(10)11(16)17/h4-5,7H,2-3,6H2,1H3,(H,16,17)(H2,14,15,18). The van der Waals surface area contributed by atoms with Gasteiger partial charge >= 0.3 is 12.0 Å². The summed E-state index contributed by atoms with van der Waals surface area (Å²) in [5, 5.41) is 14.3. The highest BCUT2D eigenvalue weighted by Gasteiger charge is 2.12. The van der Waals surface area contributed by atoms with Crippen LogP contribution in [0.1, 0.15) is 30.1 Å². The van der Waals surface area contributed by atoms with Gasteiger partial charge in [-0.3, -0.25) is 0 Å². The molecule has 1 rings (SSSR count). The van der Waals surface area contributed by atoms with Crippen molar-refractivity contribution in [3.05, 3.63) is 27.3 Å². The molecule has 5 nitrogen and oxygen atoms in total. The molecule has 6 heteroatoms. The van der Waals surface area contributed by atoms with Crippen LogP contribution >= 0.6 is 22.6 Å². The van der Waals surface area contributed by atoms with Crippen molar-refractivity contribution in [3.63, 3.8) is 0 Å². The molecule has 0 atom stereocenters. The quantitative estimate of drug-likeness (QED) is 0.557. The number of halogens is 1. The molecule has 1 aromatic rings. The SMILES string of the molecule is CCCCNC(=O)Nc1ccc(I)cc1C(=O)O. The number of hydrogen-bond acceptors (Lipinski definition) is 2. The minimum atomic E-state index is -1.06. The molecule has 0 saturated heterocycles. The van der Waals surface area contributed by atoms with E-state index in [1.807, 2.05) is 29.5 Å². The van der Waals surface area contributed by atoms with E-state index in [2.05, 4.69) is 10.6 Å². The topological polar surface area (TPSA) is 78.4 Å². The summed E-state index contributed by atoms with van der Waals surface area (Å²) in [4.78, 5) is 22.6. The van der Waals surface area contributed by atoms with E-state index >= 15 is 0 Å². The molecule has 0 aliphatic heterocycles. The monoisotopic (exact) mass is 362 g/mol. The summed E-state index contributed by atoms with van der Waals surface area (Å²) < 4.78 is 0.807. The maximum absolute atomic E-state index is 11.5. The summed E-state index contributed by atoms with van der Waals surface area (Å²) >= 11 is 2.03. The lowest BCUT2D eigenvalue weighted by atomic mass is 10.2.